The normalized spacial score (nSPS) is 30.6. The summed E-state index contributed by atoms with van der Waals surface area (Å²) >= 11 is 0. The highest BCUT2D eigenvalue weighted by molar-refractivity contribution is 7.91. The number of nitrogens with one attached hydrogen (secondary N) is 1. The first-order valence-corrected chi connectivity index (χ1v) is 8.45. The van der Waals surface area contributed by atoms with Gasteiger partial charge in [-0.1, -0.05) is 0 Å². The summed E-state index contributed by atoms with van der Waals surface area (Å²) in [6.07, 6.45) is 3.02. The van der Waals surface area contributed by atoms with Gasteiger partial charge < -0.3 is 15.3 Å². The highest BCUT2D eigenvalue weighted by Crippen LogP contribution is 2.40. The average Bonchev–Trinajstić information content (AvgIpc) is 3.11. The van der Waals surface area contributed by atoms with E-state index in [1.165, 1.54) is 0 Å². The van der Waals surface area contributed by atoms with Crippen molar-refractivity contribution in [2.75, 3.05) is 38.8 Å². The van der Waals surface area contributed by atoms with Crippen molar-refractivity contribution in [2.45, 2.75) is 30.8 Å². The summed E-state index contributed by atoms with van der Waals surface area (Å²) < 4.78 is 23.0. The lowest BCUT2D eigenvalue weighted by molar-refractivity contribution is 0.0940. The van der Waals surface area contributed by atoms with E-state index in [-0.39, 0.29) is 23.9 Å². The molecule has 0 radical (unpaired) electrons. The zero-order chi connectivity index (χ0) is 13.4. The molecule has 2 N–H and O–H groups in total. The second-order valence-corrected chi connectivity index (χ2v) is 8.04. The predicted octanol–water partition coefficient (Wildman–Crippen LogP) is -0.534. The fourth-order valence-corrected chi connectivity index (χ4v) is 4.81. The van der Waals surface area contributed by atoms with Gasteiger partial charge in [0.1, 0.15) is 0 Å². The van der Waals surface area contributed by atoms with Crippen molar-refractivity contribution < 1.29 is 13.5 Å². The maximum absolute atomic E-state index is 11.5. The molecule has 2 atom stereocenters. The minimum atomic E-state index is -2.84. The Bertz CT molecular complexity index is 388. The average molecular weight is 276 g/mol. The molecule has 1 aliphatic carbocycles. The molecule has 2 unspecified atom stereocenters. The summed E-state index contributed by atoms with van der Waals surface area (Å²) in [6, 6.07) is 0.105. The van der Waals surface area contributed by atoms with Gasteiger partial charge in [0.2, 0.25) is 0 Å². The van der Waals surface area contributed by atoms with Gasteiger partial charge in [0, 0.05) is 12.6 Å². The van der Waals surface area contributed by atoms with Crippen LogP contribution in [0.25, 0.3) is 0 Å². The summed E-state index contributed by atoms with van der Waals surface area (Å²) in [5.74, 6) is 1.09. The summed E-state index contributed by atoms with van der Waals surface area (Å²) in [5, 5.41) is 12.9. The summed E-state index contributed by atoms with van der Waals surface area (Å²) in [7, 11) is 1.01. The number of likely N-dealkylation sites (N-methyl/N-ethyl adjacent to an activating group) is 2. The zero-order valence-electron chi connectivity index (χ0n) is 11.2. The zero-order valence-corrected chi connectivity index (χ0v) is 12.0. The van der Waals surface area contributed by atoms with Crippen LogP contribution < -0.4 is 5.32 Å². The number of aliphatic hydroxyl groups excluding tert-OH is 1. The Balaban J connectivity index is 1.99. The Morgan fingerprint density at radius 1 is 1.39 bits per heavy atom. The Hall–Kier alpha value is -0.170. The van der Waals surface area contributed by atoms with Gasteiger partial charge in [0.05, 0.1) is 23.7 Å². The lowest BCUT2D eigenvalue weighted by Crippen LogP contribution is -2.57. The predicted molar refractivity (Wildman–Crippen MR) is 71.3 cm³/mol. The lowest BCUT2D eigenvalue weighted by Gasteiger charge is -2.38. The van der Waals surface area contributed by atoms with Crippen LogP contribution in [0.2, 0.25) is 0 Å². The van der Waals surface area contributed by atoms with Crippen molar-refractivity contribution in [3.05, 3.63) is 0 Å². The Labute approximate surface area is 109 Å². The van der Waals surface area contributed by atoms with Gasteiger partial charge in [-0.15, -0.1) is 0 Å². The molecule has 1 aliphatic heterocycles. The number of hydrogen-bond donors (Lipinski definition) is 2. The molecule has 2 fully saturated rings. The van der Waals surface area contributed by atoms with E-state index >= 15 is 0 Å². The third kappa shape index (κ3) is 2.87. The van der Waals surface area contributed by atoms with Gasteiger partial charge in [0.25, 0.3) is 0 Å². The second kappa shape index (κ2) is 5.07. The molecule has 1 saturated carbocycles. The van der Waals surface area contributed by atoms with Crippen molar-refractivity contribution in [3.8, 4) is 0 Å². The number of hydrogen-bond acceptors (Lipinski definition) is 5. The van der Waals surface area contributed by atoms with Gasteiger partial charge in [-0.2, -0.15) is 0 Å². The van der Waals surface area contributed by atoms with Gasteiger partial charge in [-0.25, -0.2) is 8.42 Å². The molecule has 1 heterocycles. The van der Waals surface area contributed by atoms with Crippen LogP contribution in [0.1, 0.15) is 19.3 Å². The summed E-state index contributed by atoms with van der Waals surface area (Å²) in [6.45, 7) is 0.822. The quantitative estimate of drug-likeness (QED) is 0.682. The molecule has 0 aromatic rings. The van der Waals surface area contributed by atoms with E-state index in [2.05, 4.69) is 10.2 Å². The molecule has 0 aromatic carbocycles. The molecular weight excluding hydrogens is 252 g/mol. The van der Waals surface area contributed by atoms with Crippen LogP contribution in [-0.4, -0.2) is 68.8 Å². The van der Waals surface area contributed by atoms with Crippen molar-refractivity contribution in [3.63, 3.8) is 0 Å². The lowest BCUT2D eigenvalue weighted by atomic mass is 9.93. The van der Waals surface area contributed by atoms with Crippen LogP contribution in [0.5, 0.6) is 0 Å². The molecule has 106 valence electrons. The van der Waals surface area contributed by atoms with Crippen LogP contribution >= 0.6 is 0 Å². The van der Waals surface area contributed by atoms with E-state index in [0.29, 0.717) is 24.6 Å². The highest BCUT2D eigenvalue weighted by atomic mass is 32.2. The van der Waals surface area contributed by atoms with Gasteiger partial charge in [-0.05, 0) is 39.3 Å². The van der Waals surface area contributed by atoms with Gasteiger partial charge >= 0.3 is 0 Å². The molecule has 1 saturated heterocycles. The molecule has 2 aliphatic rings. The van der Waals surface area contributed by atoms with Gasteiger partial charge in [0.15, 0.2) is 9.84 Å². The minimum absolute atomic E-state index is 0.105. The summed E-state index contributed by atoms with van der Waals surface area (Å²) in [5.41, 5.74) is -0.263. The smallest absolute Gasteiger partial charge is 0.151 e. The fourth-order valence-electron chi connectivity index (χ4n) is 3.00. The molecule has 18 heavy (non-hydrogen) atoms. The fraction of sp³-hybridized carbons (Fsp3) is 1.00. The van der Waals surface area contributed by atoms with Crippen LogP contribution in [0, 0.1) is 5.92 Å². The number of aliphatic hydroxyl groups is 1. The first kappa shape index (κ1) is 14.2. The first-order valence-electron chi connectivity index (χ1n) is 6.63. The SMILES string of the molecule is CNC(CO)(CN(C)C1CCS(=O)(=O)C1)C1CC1. The number of rotatable bonds is 6. The van der Waals surface area contributed by atoms with Crippen molar-refractivity contribution in [1.29, 1.82) is 0 Å². The van der Waals surface area contributed by atoms with E-state index < -0.39 is 9.84 Å². The van der Waals surface area contributed by atoms with E-state index in [9.17, 15) is 13.5 Å². The standard InChI is InChI=1S/C12H24N2O3S/c1-13-12(9-15,10-3-4-10)8-14(2)11-5-6-18(16,17)7-11/h10-11,13,15H,3-9H2,1-2H3. The third-order valence-electron chi connectivity index (χ3n) is 4.50. The van der Waals surface area contributed by atoms with Crippen molar-refractivity contribution >= 4 is 9.84 Å². The second-order valence-electron chi connectivity index (χ2n) is 5.81. The van der Waals surface area contributed by atoms with Crippen LogP contribution in [0.3, 0.4) is 0 Å². The molecule has 2 rings (SSSR count). The Kier molecular flexibility index (Phi) is 4.02. The molecule has 6 heteroatoms. The largest absolute Gasteiger partial charge is 0.394 e. The van der Waals surface area contributed by atoms with E-state index in [1.807, 2.05) is 14.1 Å². The van der Waals surface area contributed by atoms with Crippen molar-refractivity contribution in [1.82, 2.24) is 10.2 Å². The van der Waals surface area contributed by atoms with E-state index in [1.54, 1.807) is 0 Å². The monoisotopic (exact) mass is 276 g/mol. The van der Waals surface area contributed by atoms with Crippen molar-refractivity contribution in [2.24, 2.45) is 5.92 Å². The Morgan fingerprint density at radius 2 is 2.06 bits per heavy atom. The molecule has 0 bridgehead atoms. The molecule has 0 aromatic heterocycles. The van der Waals surface area contributed by atoms with E-state index in [0.717, 1.165) is 12.8 Å². The first-order chi connectivity index (χ1) is 8.42. The van der Waals surface area contributed by atoms with Crippen LogP contribution in [-0.2, 0) is 9.84 Å². The summed E-state index contributed by atoms with van der Waals surface area (Å²) in [4.78, 5) is 2.11. The van der Waals surface area contributed by atoms with Crippen LogP contribution in [0.4, 0.5) is 0 Å². The highest BCUT2D eigenvalue weighted by Gasteiger charge is 2.45. The Morgan fingerprint density at radius 3 is 2.44 bits per heavy atom. The maximum atomic E-state index is 11.5. The number of nitrogens with zero attached hydrogens (tertiary/aromatic N) is 1. The molecule has 0 spiro atoms. The van der Waals surface area contributed by atoms with Gasteiger partial charge in [-0.3, -0.25) is 0 Å². The maximum Gasteiger partial charge on any atom is 0.151 e. The minimum Gasteiger partial charge on any atom is -0.394 e. The molecular formula is C12H24N2O3S. The number of sulfone groups is 1. The third-order valence-corrected chi connectivity index (χ3v) is 6.25. The molecule has 5 nitrogen and oxygen atoms in total. The van der Waals surface area contributed by atoms with E-state index in [4.69, 9.17) is 0 Å². The van der Waals surface area contributed by atoms with Crippen LogP contribution in [0.15, 0.2) is 0 Å². The topological polar surface area (TPSA) is 69.6 Å². The molecule has 0 amide bonds.